The number of halogens is 4. The molecule has 1 rings (SSSR count). The van der Waals surface area contributed by atoms with Crippen LogP contribution in [0.4, 0.5) is 13.2 Å². The number of benzene rings is 1. The van der Waals surface area contributed by atoms with Crippen molar-refractivity contribution >= 4 is 11.6 Å². The topological polar surface area (TPSA) is 21.3 Å². The van der Waals surface area contributed by atoms with Gasteiger partial charge in [-0.2, -0.15) is 0 Å². The standard InChI is InChI=1S/C11H13ClF3NO/c12-9-2-1-3-10(13)8(9)6-16-4-5-17-7-11(14)15/h1-3,11,16H,4-7H2. The molecular formula is C11H13ClF3NO. The van der Waals surface area contributed by atoms with E-state index in [1.165, 1.54) is 12.1 Å². The van der Waals surface area contributed by atoms with Crippen molar-refractivity contribution in [3.63, 3.8) is 0 Å². The highest BCUT2D eigenvalue weighted by atomic mass is 35.5. The molecule has 0 saturated carbocycles. The van der Waals surface area contributed by atoms with Crippen LogP contribution in [0.2, 0.25) is 5.02 Å². The lowest BCUT2D eigenvalue weighted by Crippen LogP contribution is -2.21. The van der Waals surface area contributed by atoms with E-state index in [1.807, 2.05) is 0 Å². The second-order valence-electron chi connectivity index (χ2n) is 3.34. The van der Waals surface area contributed by atoms with Crippen LogP contribution in [0.5, 0.6) is 0 Å². The predicted octanol–water partition coefficient (Wildman–Crippen LogP) is 2.85. The maximum absolute atomic E-state index is 13.3. The summed E-state index contributed by atoms with van der Waals surface area (Å²) >= 11 is 5.80. The molecule has 0 aliphatic rings. The molecule has 0 unspecified atom stereocenters. The van der Waals surface area contributed by atoms with Crippen LogP contribution in [0.25, 0.3) is 0 Å². The van der Waals surface area contributed by atoms with Crippen molar-refractivity contribution < 1.29 is 17.9 Å². The van der Waals surface area contributed by atoms with Gasteiger partial charge in [0.15, 0.2) is 0 Å². The molecule has 0 aliphatic carbocycles. The normalized spacial score (nSPS) is 11.1. The Morgan fingerprint density at radius 1 is 1.35 bits per heavy atom. The molecule has 96 valence electrons. The molecule has 1 aromatic carbocycles. The average Bonchev–Trinajstić information content (AvgIpc) is 2.26. The predicted molar refractivity (Wildman–Crippen MR) is 59.9 cm³/mol. The Hall–Kier alpha value is -0.780. The van der Waals surface area contributed by atoms with Gasteiger partial charge in [0, 0.05) is 23.7 Å². The summed E-state index contributed by atoms with van der Waals surface area (Å²) in [4.78, 5) is 0. The van der Waals surface area contributed by atoms with Crippen LogP contribution in [0.1, 0.15) is 5.56 Å². The number of hydrogen-bond donors (Lipinski definition) is 1. The van der Waals surface area contributed by atoms with Crippen LogP contribution in [0.15, 0.2) is 18.2 Å². The van der Waals surface area contributed by atoms with Crippen LogP contribution in [-0.2, 0) is 11.3 Å². The molecule has 0 amide bonds. The summed E-state index contributed by atoms with van der Waals surface area (Å²) in [6.07, 6.45) is -2.46. The number of nitrogens with one attached hydrogen (secondary N) is 1. The van der Waals surface area contributed by atoms with Gasteiger partial charge in [-0.1, -0.05) is 17.7 Å². The lowest BCUT2D eigenvalue weighted by atomic mass is 10.2. The first-order valence-electron chi connectivity index (χ1n) is 5.10. The van der Waals surface area contributed by atoms with Gasteiger partial charge < -0.3 is 10.1 Å². The van der Waals surface area contributed by atoms with Crippen LogP contribution < -0.4 is 5.32 Å². The van der Waals surface area contributed by atoms with E-state index in [4.69, 9.17) is 11.6 Å². The number of alkyl halides is 2. The first kappa shape index (κ1) is 14.3. The number of rotatable bonds is 7. The maximum atomic E-state index is 13.3. The van der Waals surface area contributed by atoms with E-state index in [0.717, 1.165) is 0 Å². The molecule has 0 spiro atoms. The van der Waals surface area contributed by atoms with Gasteiger partial charge in [0.25, 0.3) is 6.43 Å². The quantitative estimate of drug-likeness (QED) is 0.767. The highest BCUT2D eigenvalue weighted by Crippen LogP contribution is 2.18. The summed E-state index contributed by atoms with van der Waals surface area (Å²) in [6, 6.07) is 4.43. The van der Waals surface area contributed by atoms with Gasteiger partial charge in [-0.25, -0.2) is 13.2 Å². The van der Waals surface area contributed by atoms with Gasteiger partial charge in [0.1, 0.15) is 12.4 Å². The van der Waals surface area contributed by atoms with E-state index in [0.29, 0.717) is 17.1 Å². The molecule has 0 bridgehead atoms. The second-order valence-corrected chi connectivity index (χ2v) is 3.75. The molecule has 0 fully saturated rings. The van der Waals surface area contributed by atoms with Crippen LogP contribution >= 0.6 is 11.6 Å². The van der Waals surface area contributed by atoms with Crippen LogP contribution in [-0.4, -0.2) is 26.2 Å². The van der Waals surface area contributed by atoms with Crippen molar-refractivity contribution in [1.29, 1.82) is 0 Å². The lowest BCUT2D eigenvalue weighted by molar-refractivity contribution is 0.0187. The highest BCUT2D eigenvalue weighted by molar-refractivity contribution is 6.31. The molecule has 1 N–H and O–H groups in total. The number of hydrogen-bond acceptors (Lipinski definition) is 2. The van der Waals surface area contributed by atoms with Crippen molar-refractivity contribution in [2.45, 2.75) is 13.0 Å². The summed E-state index contributed by atoms with van der Waals surface area (Å²) in [5.41, 5.74) is 0.364. The molecule has 1 aromatic rings. The highest BCUT2D eigenvalue weighted by Gasteiger charge is 2.06. The Bertz CT molecular complexity index is 329. The minimum absolute atomic E-state index is 0.149. The third-order valence-corrected chi connectivity index (χ3v) is 2.38. The molecule has 0 radical (unpaired) electrons. The number of ether oxygens (including phenoxy) is 1. The van der Waals surface area contributed by atoms with Crippen molar-refractivity contribution in [2.24, 2.45) is 0 Å². The Kier molecular flexibility index (Phi) is 6.32. The lowest BCUT2D eigenvalue weighted by Gasteiger charge is -2.08. The van der Waals surface area contributed by atoms with Crippen molar-refractivity contribution in [3.05, 3.63) is 34.6 Å². The zero-order valence-corrected chi connectivity index (χ0v) is 9.81. The van der Waals surface area contributed by atoms with Crippen molar-refractivity contribution in [1.82, 2.24) is 5.32 Å². The third kappa shape index (κ3) is 5.39. The monoisotopic (exact) mass is 267 g/mol. The van der Waals surface area contributed by atoms with Gasteiger partial charge in [-0.15, -0.1) is 0 Å². The summed E-state index contributed by atoms with van der Waals surface area (Å²) in [5.74, 6) is -0.390. The molecule has 0 saturated heterocycles. The first-order chi connectivity index (χ1) is 8.11. The Balaban J connectivity index is 2.22. The minimum atomic E-state index is -2.46. The minimum Gasteiger partial charge on any atom is -0.374 e. The first-order valence-corrected chi connectivity index (χ1v) is 5.48. The third-order valence-electron chi connectivity index (χ3n) is 2.03. The zero-order chi connectivity index (χ0) is 12.7. The summed E-state index contributed by atoms with van der Waals surface area (Å²) in [5, 5.41) is 3.20. The average molecular weight is 268 g/mol. The molecule has 17 heavy (non-hydrogen) atoms. The van der Waals surface area contributed by atoms with E-state index in [-0.39, 0.29) is 13.2 Å². The second kappa shape index (κ2) is 7.53. The van der Waals surface area contributed by atoms with E-state index in [1.54, 1.807) is 6.07 Å². The Labute approximate surface area is 103 Å². The van der Waals surface area contributed by atoms with Gasteiger partial charge in [0.05, 0.1) is 6.61 Å². The van der Waals surface area contributed by atoms with E-state index >= 15 is 0 Å². The van der Waals surface area contributed by atoms with Crippen LogP contribution in [0, 0.1) is 5.82 Å². The smallest absolute Gasteiger partial charge is 0.261 e. The fourth-order valence-corrected chi connectivity index (χ4v) is 1.46. The summed E-state index contributed by atoms with van der Waals surface area (Å²) in [6.45, 7) is 0.166. The molecule has 2 nitrogen and oxygen atoms in total. The fraction of sp³-hybridized carbons (Fsp3) is 0.455. The summed E-state index contributed by atoms with van der Waals surface area (Å²) in [7, 11) is 0. The largest absolute Gasteiger partial charge is 0.374 e. The molecule has 6 heteroatoms. The van der Waals surface area contributed by atoms with E-state index in [2.05, 4.69) is 10.1 Å². The van der Waals surface area contributed by atoms with Gasteiger partial charge in [0.2, 0.25) is 0 Å². The molecule has 0 aromatic heterocycles. The summed E-state index contributed by atoms with van der Waals surface area (Å²) < 4.78 is 41.3. The Morgan fingerprint density at radius 3 is 2.76 bits per heavy atom. The van der Waals surface area contributed by atoms with Gasteiger partial charge in [-0.3, -0.25) is 0 Å². The van der Waals surface area contributed by atoms with Crippen molar-refractivity contribution in [3.8, 4) is 0 Å². The molecule has 0 atom stereocenters. The maximum Gasteiger partial charge on any atom is 0.261 e. The molecule has 0 heterocycles. The van der Waals surface area contributed by atoms with E-state index in [9.17, 15) is 13.2 Å². The fourth-order valence-electron chi connectivity index (χ4n) is 1.23. The zero-order valence-electron chi connectivity index (χ0n) is 9.06. The van der Waals surface area contributed by atoms with Crippen LogP contribution in [0.3, 0.4) is 0 Å². The Morgan fingerprint density at radius 2 is 2.12 bits per heavy atom. The molecular weight excluding hydrogens is 255 g/mol. The van der Waals surface area contributed by atoms with Crippen molar-refractivity contribution in [2.75, 3.05) is 19.8 Å². The molecule has 0 aliphatic heterocycles. The van der Waals surface area contributed by atoms with Gasteiger partial charge in [-0.05, 0) is 12.1 Å². The van der Waals surface area contributed by atoms with E-state index < -0.39 is 18.8 Å². The SMILES string of the molecule is Fc1cccc(Cl)c1CNCCOCC(F)F. The van der Waals surface area contributed by atoms with Gasteiger partial charge >= 0.3 is 0 Å².